The van der Waals surface area contributed by atoms with Gasteiger partial charge < -0.3 is 10.5 Å². The molecule has 0 aromatic heterocycles. The Bertz CT molecular complexity index is 680. The summed E-state index contributed by atoms with van der Waals surface area (Å²) in [7, 11) is 0. The van der Waals surface area contributed by atoms with Crippen LogP contribution in [0.25, 0.3) is 0 Å². The molecule has 0 aliphatic carbocycles. The molecule has 0 unspecified atom stereocenters. The monoisotopic (exact) mass is 334 g/mol. The van der Waals surface area contributed by atoms with E-state index in [2.05, 4.69) is 15.9 Å². The van der Waals surface area contributed by atoms with Gasteiger partial charge >= 0.3 is 0 Å². The highest BCUT2D eigenvalue weighted by Crippen LogP contribution is 2.32. The first kappa shape index (κ1) is 14.5. The third-order valence-electron chi connectivity index (χ3n) is 2.77. The Morgan fingerprint density at radius 2 is 2.05 bits per heavy atom. The van der Waals surface area contributed by atoms with E-state index < -0.39 is 5.82 Å². The Kier molecular flexibility index (Phi) is 4.38. The molecule has 0 bridgehead atoms. The van der Waals surface area contributed by atoms with E-state index in [1.807, 2.05) is 19.1 Å². The van der Waals surface area contributed by atoms with Crippen LogP contribution in [0.15, 0.2) is 40.9 Å². The predicted octanol–water partition coefficient (Wildman–Crippen LogP) is 4.27. The van der Waals surface area contributed by atoms with E-state index in [0.717, 1.165) is 10.0 Å². The zero-order valence-corrected chi connectivity index (χ0v) is 12.3. The summed E-state index contributed by atoms with van der Waals surface area (Å²) < 4.78 is 19.8. The first-order chi connectivity index (χ1) is 9.51. The number of halogens is 2. The number of benzene rings is 2. The van der Waals surface area contributed by atoms with E-state index >= 15 is 0 Å². The summed E-state index contributed by atoms with van der Waals surface area (Å²) >= 11 is 3.39. The van der Waals surface area contributed by atoms with Crippen LogP contribution in [-0.4, -0.2) is 0 Å². The number of hydrogen-bond donors (Lipinski definition) is 1. The van der Waals surface area contributed by atoms with E-state index in [1.54, 1.807) is 18.2 Å². The molecule has 102 valence electrons. The predicted molar refractivity (Wildman–Crippen MR) is 77.9 cm³/mol. The largest absolute Gasteiger partial charge is 0.456 e. The van der Waals surface area contributed by atoms with E-state index in [-0.39, 0.29) is 11.6 Å². The molecule has 0 heterocycles. The number of rotatable bonds is 3. The topological polar surface area (TPSA) is 59.0 Å². The minimum atomic E-state index is -0.603. The van der Waals surface area contributed by atoms with Crippen molar-refractivity contribution >= 4 is 15.9 Å². The van der Waals surface area contributed by atoms with Crippen molar-refractivity contribution < 1.29 is 9.13 Å². The van der Waals surface area contributed by atoms with E-state index in [4.69, 9.17) is 15.7 Å². The van der Waals surface area contributed by atoms with Crippen molar-refractivity contribution in [2.24, 2.45) is 5.73 Å². The van der Waals surface area contributed by atoms with Gasteiger partial charge in [0.15, 0.2) is 0 Å². The molecule has 20 heavy (non-hydrogen) atoms. The van der Waals surface area contributed by atoms with Crippen LogP contribution in [0.2, 0.25) is 0 Å². The SMILES string of the molecule is C[C@H](N)c1ccc(Oc2ccc(C#N)c(F)c2)c(Br)c1. The number of nitrogens with zero attached hydrogens (tertiary/aromatic N) is 1. The highest BCUT2D eigenvalue weighted by molar-refractivity contribution is 9.10. The molecule has 0 spiro atoms. The maximum Gasteiger partial charge on any atom is 0.144 e. The fraction of sp³-hybridized carbons (Fsp3) is 0.133. The van der Waals surface area contributed by atoms with Crippen LogP contribution in [0, 0.1) is 17.1 Å². The van der Waals surface area contributed by atoms with Gasteiger partial charge in [0.2, 0.25) is 0 Å². The van der Waals surface area contributed by atoms with E-state index in [9.17, 15) is 4.39 Å². The Labute approximate surface area is 124 Å². The Morgan fingerprint density at radius 1 is 1.30 bits per heavy atom. The molecular formula is C15H12BrFN2O. The fourth-order valence-electron chi connectivity index (χ4n) is 1.66. The Hall–Kier alpha value is -1.90. The van der Waals surface area contributed by atoms with Crippen LogP contribution >= 0.6 is 15.9 Å². The van der Waals surface area contributed by atoms with Crippen molar-refractivity contribution in [2.75, 3.05) is 0 Å². The summed E-state index contributed by atoms with van der Waals surface area (Å²) in [6.07, 6.45) is 0. The minimum Gasteiger partial charge on any atom is -0.456 e. The average molecular weight is 335 g/mol. The van der Waals surface area contributed by atoms with Crippen molar-refractivity contribution in [3.8, 4) is 17.6 Å². The molecule has 0 aliphatic rings. The molecule has 0 saturated heterocycles. The zero-order valence-electron chi connectivity index (χ0n) is 10.7. The van der Waals surface area contributed by atoms with Crippen LogP contribution < -0.4 is 10.5 Å². The van der Waals surface area contributed by atoms with Gasteiger partial charge in [0.05, 0.1) is 10.0 Å². The Morgan fingerprint density at radius 3 is 2.60 bits per heavy atom. The van der Waals surface area contributed by atoms with Crippen molar-refractivity contribution in [1.29, 1.82) is 5.26 Å². The molecular weight excluding hydrogens is 323 g/mol. The molecule has 0 amide bonds. The summed E-state index contributed by atoms with van der Waals surface area (Å²) in [6.45, 7) is 1.89. The minimum absolute atomic E-state index is 0.0104. The zero-order chi connectivity index (χ0) is 14.7. The lowest BCUT2D eigenvalue weighted by atomic mass is 10.1. The van der Waals surface area contributed by atoms with Crippen LogP contribution in [0.3, 0.4) is 0 Å². The summed E-state index contributed by atoms with van der Waals surface area (Å²) in [5.41, 5.74) is 6.75. The van der Waals surface area contributed by atoms with Gasteiger partial charge in [0.1, 0.15) is 23.4 Å². The molecule has 2 aromatic rings. The van der Waals surface area contributed by atoms with Crippen molar-refractivity contribution in [3.63, 3.8) is 0 Å². The molecule has 2 aromatic carbocycles. The van der Waals surface area contributed by atoms with Gasteiger partial charge in [-0.2, -0.15) is 5.26 Å². The molecule has 2 N–H and O–H groups in total. The lowest BCUT2D eigenvalue weighted by molar-refractivity contribution is 0.473. The van der Waals surface area contributed by atoms with Crippen LogP contribution in [0.4, 0.5) is 4.39 Å². The number of nitrogens with two attached hydrogens (primary N) is 1. The number of nitriles is 1. The fourth-order valence-corrected chi connectivity index (χ4v) is 2.14. The van der Waals surface area contributed by atoms with Crippen molar-refractivity contribution in [1.82, 2.24) is 0 Å². The molecule has 0 saturated carbocycles. The molecule has 2 rings (SSSR count). The first-order valence-corrected chi connectivity index (χ1v) is 6.73. The quantitative estimate of drug-likeness (QED) is 0.911. The van der Waals surface area contributed by atoms with Gasteiger partial charge in [-0.1, -0.05) is 6.07 Å². The molecule has 0 radical (unpaired) electrons. The third-order valence-corrected chi connectivity index (χ3v) is 3.39. The smallest absolute Gasteiger partial charge is 0.144 e. The maximum atomic E-state index is 13.5. The molecule has 1 atom stereocenters. The molecule has 5 heteroatoms. The highest BCUT2D eigenvalue weighted by atomic mass is 79.9. The molecule has 0 fully saturated rings. The lowest BCUT2D eigenvalue weighted by Gasteiger charge is -2.11. The van der Waals surface area contributed by atoms with Crippen molar-refractivity contribution in [2.45, 2.75) is 13.0 Å². The van der Waals surface area contributed by atoms with Gasteiger partial charge in [-0.15, -0.1) is 0 Å². The van der Waals surface area contributed by atoms with Crippen LogP contribution in [0.1, 0.15) is 24.1 Å². The molecule has 3 nitrogen and oxygen atoms in total. The third kappa shape index (κ3) is 3.16. The summed E-state index contributed by atoms with van der Waals surface area (Å²) in [4.78, 5) is 0. The highest BCUT2D eigenvalue weighted by Gasteiger charge is 2.08. The Balaban J connectivity index is 2.26. The van der Waals surface area contributed by atoms with Gasteiger partial charge in [-0.25, -0.2) is 4.39 Å². The second kappa shape index (κ2) is 6.04. The van der Waals surface area contributed by atoms with Gasteiger partial charge in [-0.3, -0.25) is 0 Å². The molecule has 0 aliphatic heterocycles. The normalized spacial score (nSPS) is 11.8. The second-order valence-corrected chi connectivity index (χ2v) is 5.19. The van der Waals surface area contributed by atoms with Gasteiger partial charge in [0, 0.05) is 12.1 Å². The van der Waals surface area contributed by atoms with Crippen LogP contribution in [0.5, 0.6) is 11.5 Å². The maximum absolute atomic E-state index is 13.5. The van der Waals surface area contributed by atoms with Gasteiger partial charge in [0.25, 0.3) is 0 Å². The standard InChI is InChI=1S/C15H12BrFN2O/c1-9(19)10-3-5-15(13(16)6-10)20-12-4-2-11(8-18)14(17)7-12/h2-7,9H,19H2,1H3/t9-/m0/s1. The first-order valence-electron chi connectivity index (χ1n) is 5.94. The number of hydrogen-bond acceptors (Lipinski definition) is 3. The summed E-state index contributed by atoms with van der Waals surface area (Å²) in [5, 5.41) is 8.68. The summed E-state index contributed by atoms with van der Waals surface area (Å²) in [5.74, 6) is 0.280. The average Bonchev–Trinajstić information content (AvgIpc) is 2.41. The van der Waals surface area contributed by atoms with Gasteiger partial charge in [-0.05, 0) is 52.7 Å². The lowest BCUT2D eigenvalue weighted by Crippen LogP contribution is -2.04. The van der Waals surface area contributed by atoms with E-state index in [0.29, 0.717) is 11.5 Å². The van der Waals surface area contributed by atoms with Crippen molar-refractivity contribution in [3.05, 3.63) is 57.8 Å². The number of ether oxygens (including phenoxy) is 1. The van der Waals surface area contributed by atoms with E-state index in [1.165, 1.54) is 12.1 Å². The van der Waals surface area contributed by atoms with Crippen LogP contribution in [-0.2, 0) is 0 Å². The summed E-state index contributed by atoms with van der Waals surface area (Å²) in [6, 6.07) is 11.3. The second-order valence-electron chi connectivity index (χ2n) is 4.33.